The van der Waals surface area contributed by atoms with Crippen LogP contribution in [-0.4, -0.2) is 15.0 Å². The van der Waals surface area contributed by atoms with Gasteiger partial charge in [-0.1, -0.05) is 19.9 Å². The molecule has 0 spiro atoms. The van der Waals surface area contributed by atoms with Gasteiger partial charge >= 0.3 is 0 Å². The molecule has 1 aromatic carbocycles. The van der Waals surface area contributed by atoms with Crippen molar-refractivity contribution < 1.29 is 8.42 Å². The maximum absolute atomic E-state index is 12.4. The topological polar surface area (TPSA) is 70.0 Å². The van der Waals surface area contributed by atoms with Gasteiger partial charge in [0, 0.05) is 6.54 Å². The molecule has 0 unspecified atom stereocenters. The predicted octanol–water partition coefficient (Wildman–Crippen LogP) is 2.58. The van der Waals surface area contributed by atoms with Gasteiger partial charge in [-0.05, 0) is 48.8 Å². The summed E-state index contributed by atoms with van der Waals surface area (Å²) in [5.41, 5.74) is 1.14. The Bertz CT molecular complexity index is 653. The SMILES string of the molecule is Cc1ccc(C#N)cc1S(=O)(=O)NCC1(C(C)C)CC1. The second kappa shape index (κ2) is 5.19. The minimum atomic E-state index is -3.55. The van der Waals surface area contributed by atoms with Crippen LogP contribution in [0.5, 0.6) is 0 Å². The smallest absolute Gasteiger partial charge is 0.211 e. The van der Waals surface area contributed by atoms with Crippen molar-refractivity contribution in [3.8, 4) is 6.07 Å². The number of nitriles is 1. The second-order valence-corrected chi connectivity index (χ2v) is 7.67. The summed E-state index contributed by atoms with van der Waals surface area (Å²) >= 11 is 0. The Morgan fingerprint density at radius 3 is 2.55 bits per heavy atom. The summed E-state index contributed by atoms with van der Waals surface area (Å²) in [5, 5.41) is 8.90. The van der Waals surface area contributed by atoms with Crippen molar-refractivity contribution in [1.29, 1.82) is 5.26 Å². The summed E-state index contributed by atoms with van der Waals surface area (Å²) in [6, 6.07) is 6.71. The van der Waals surface area contributed by atoms with Crippen LogP contribution in [0.4, 0.5) is 0 Å². The Labute approximate surface area is 120 Å². The van der Waals surface area contributed by atoms with Crippen LogP contribution in [-0.2, 0) is 10.0 Å². The molecule has 4 nitrogen and oxygen atoms in total. The standard InChI is InChI=1S/C15H20N2O2S/c1-11(2)15(6-7-15)10-17-20(18,19)14-8-13(9-16)5-4-12(14)3/h4-5,8,11,17H,6-7,10H2,1-3H3. The van der Waals surface area contributed by atoms with Crippen molar-refractivity contribution in [2.24, 2.45) is 11.3 Å². The van der Waals surface area contributed by atoms with E-state index in [0.29, 0.717) is 23.6 Å². The van der Waals surface area contributed by atoms with E-state index >= 15 is 0 Å². The summed E-state index contributed by atoms with van der Waals surface area (Å²) in [6.45, 7) is 6.47. The van der Waals surface area contributed by atoms with E-state index in [1.54, 1.807) is 19.1 Å². The molecular formula is C15H20N2O2S. The summed E-state index contributed by atoms with van der Waals surface area (Å²) in [5.74, 6) is 0.469. The minimum Gasteiger partial charge on any atom is -0.211 e. The van der Waals surface area contributed by atoms with Crippen LogP contribution in [0.3, 0.4) is 0 Å². The highest BCUT2D eigenvalue weighted by atomic mass is 32.2. The van der Waals surface area contributed by atoms with Crippen LogP contribution in [0.25, 0.3) is 0 Å². The number of hydrogen-bond acceptors (Lipinski definition) is 3. The first-order chi connectivity index (χ1) is 9.31. The summed E-state index contributed by atoms with van der Waals surface area (Å²) in [7, 11) is -3.55. The first-order valence-corrected chi connectivity index (χ1v) is 8.29. The summed E-state index contributed by atoms with van der Waals surface area (Å²) in [4.78, 5) is 0.205. The molecule has 108 valence electrons. The van der Waals surface area contributed by atoms with Crippen LogP contribution in [0.2, 0.25) is 0 Å². The van der Waals surface area contributed by atoms with Gasteiger partial charge in [0.15, 0.2) is 0 Å². The van der Waals surface area contributed by atoms with Gasteiger partial charge in [0.25, 0.3) is 0 Å². The Kier molecular flexibility index (Phi) is 3.90. The van der Waals surface area contributed by atoms with Gasteiger partial charge in [-0.3, -0.25) is 0 Å². The number of benzene rings is 1. The van der Waals surface area contributed by atoms with Crippen molar-refractivity contribution in [1.82, 2.24) is 4.72 Å². The van der Waals surface area contributed by atoms with E-state index in [1.807, 2.05) is 6.07 Å². The number of aryl methyl sites for hydroxylation is 1. The molecular weight excluding hydrogens is 272 g/mol. The fourth-order valence-electron chi connectivity index (χ4n) is 2.39. The zero-order valence-electron chi connectivity index (χ0n) is 12.1. The number of nitrogens with one attached hydrogen (secondary N) is 1. The maximum Gasteiger partial charge on any atom is 0.240 e. The molecule has 0 atom stereocenters. The third kappa shape index (κ3) is 2.87. The second-order valence-electron chi connectivity index (χ2n) is 5.93. The van der Waals surface area contributed by atoms with Gasteiger partial charge in [-0.15, -0.1) is 0 Å². The molecule has 1 aliphatic carbocycles. The molecule has 0 aliphatic heterocycles. The predicted molar refractivity (Wildman–Crippen MR) is 77.6 cm³/mol. The molecule has 5 heteroatoms. The van der Waals surface area contributed by atoms with Crippen LogP contribution < -0.4 is 4.72 Å². The minimum absolute atomic E-state index is 0.119. The Balaban J connectivity index is 2.21. The third-order valence-corrected chi connectivity index (χ3v) is 5.88. The zero-order valence-corrected chi connectivity index (χ0v) is 12.9. The Hall–Kier alpha value is -1.38. The number of nitrogens with zero attached hydrogens (tertiary/aromatic N) is 1. The molecule has 0 amide bonds. The normalized spacial score (nSPS) is 16.9. The number of sulfonamides is 1. The average Bonchev–Trinajstić information content (AvgIpc) is 3.18. The molecule has 1 N–H and O–H groups in total. The monoisotopic (exact) mass is 292 g/mol. The molecule has 0 bridgehead atoms. The largest absolute Gasteiger partial charge is 0.240 e. The van der Waals surface area contributed by atoms with E-state index in [-0.39, 0.29) is 10.3 Å². The van der Waals surface area contributed by atoms with E-state index in [2.05, 4.69) is 18.6 Å². The molecule has 0 aromatic heterocycles. The lowest BCUT2D eigenvalue weighted by atomic mass is 9.93. The van der Waals surface area contributed by atoms with Crippen LogP contribution in [0.1, 0.15) is 37.8 Å². The molecule has 2 rings (SSSR count). The Morgan fingerprint density at radius 1 is 1.40 bits per heavy atom. The fourth-order valence-corrected chi connectivity index (χ4v) is 3.80. The first-order valence-electron chi connectivity index (χ1n) is 6.81. The highest BCUT2D eigenvalue weighted by molar-refractivity contribution is 7.89. The first kappa shape index (κ1) is 15.0. The van der Waals surface area contributed by atoms with Crippen molar-refractivity contribution in [3.63, 3.8) is 0 Å². The average molecular weight is 292 g/mol. The molecule has 1 aromatic rings. The van der Waals surface area contributed by atoms with E-state index in [1.165, 1.54) is 6.07 Å². The fraction of sp³-hybridized carbons (Fsp3) is 0.533. The molecule has 1 fully saturated rings. The number of hydrogen-bond donors (Lipinski definition) is 1. The van der Waals surface area contributed by atoms with Gasteiger partial charge in [0.2, 0.25) is 10.0 Å². The summed E-state index contributed by atoms with van der Waals surface area (Å²) < 4.78 is 27.5. The lowest BCUT2D eigenvalue weighted by molar-refractivity contribution is 0.357. The van der Waals surface area contributed by atoms with Crippen LogP contribution >= 0.6 is 0 Å². The molecule has 0 heterocycles. The molecule has 1 aliphatic rings. The third-order valence-electron chi connectivity index (χ3n) is 4.34. The lowest BCUT2D eigenvalue weighted by Gasteiger charge is -2.20. The van der Waals surface area contributed by atoms with Gasteiger partial charge in [-0.25, -0.2) is 13.1 Å². The van der Waals surface area contributed by atoms with Crippen molar-refractivity contribution in [2.75, 3.05) is 6.54 Å². The van der Waals surface area contributed by atoms with Crippen molar-refractivity contribution >= 4 is 10.0 Å². The van der Waals surface area contributed by atoms with E-state index < -0.39 is 10.0 Å². The van der Waals surface area contributed by atoms with E-state index in [9.17, 15) is 8.42 Å². The maximum atomic E-state index is 12.4. The van der Waals surface area contributed by atoms with E-state index in [0.717, 1.165) is 12.8 Å². The lowest BCUT2D eigenvalue weighted by Crippen LogP contribution is -2.33. The highest BCUT2D eigenvalue weighted by Crippen LogP contribution is 2.51. The molecule has 0 saturated heterocycles. The Morgan fingerprint density at radius 2 is 2.05 bits per heavy atom. The quantitative estimate of drug-likeness (QED) is 0.906. The molecule has 0 radical (unpaired) electrons. The van der Waals surface area contributed by atoms with Crippen molar-refractivity contribution in [3.05, 3.63) is 29.3 Å². The molecule has 1 saturated carbocycles. The van der Waals surface area contributed by atoms with Gasteiger partial charge < -0.3 is 0 Å². The van der Waals surface area contributed by atoms with Crippen molar-refractivity contribution in [2.45, 2.75) is 38.5 Å². The molecule has 20 heavy (non-hydrogen) atoms. The van der Waals surface area contributed by atoms with E-state index in [4.69, 9.17) is 5.26 Å². The summed E-state index contributed by atoms with van der Waals surface area (Å²) in [6.07, 6.45) is 2.15. The highest BCUT2D eigenvalue weighted by Gasteiger charge is 2.45. The van der Waals surface area contributed by atoms with Crippen LogP contribution in [0, 0.1) is 29.6 Å². The van der Waals surface area contributed by atoms with Gasteiger partial charge in [0.1, 0.15) is 0 Å². The number of rotatable bonds is 5. The van der Waals surface area contributed by atoms with Gasteiger partial charge in [-0.2, -0.15) is 5.26 Å². The zero-order chi connectivity index (χ0) is 15.0. The van der Waals surface area contributed by atoms with Crippen LogP contribution in [0.15, 0.2) is 23.1 Å². The van der Waals surface area contributed by atoms with Gasteiger partial charge in [0.05, 0.1) is 16.5 Å².